The number of carbonyl (C=O) groups excluding carboxylic acids is 1. The monoisotopic (exact) mass is 990 g/mol. The van der Waals surface area contributed by atoms with E-state index in [4.69, 9.17) is 9.47 Å². The smallest absolute Gasteiger partial charge is 0.268 e. The number of fused-ring (bicyclic) bond motifs is 2. The fourth-order valence-electron chi connectivity index (χ4n) is 12.3. The molecule has 2 saturated carbocycles. The molecule has 10 rings (SSSR count). The van der Waals surface area contributed by atoms with Crippen LogP contribution >= 0.6 is 0 Å². The fraction of sp³-hybridized carbons (Fsp3) is 0.500. The minimum absolute atomic E-state index is 0.0101. The number of methoxy groups -OCH3 is 1. The summed E-state index contributed by atoms with van der Waals surface area (Å²) < 4.78 is 59.7. The number of carbonyl (C=O) groups is 1. The third kappa shape index (κ3) is 9.51. The molecule has 71 heavy (non-hydrogen) atoms. The van der Waals surface area contributed by atoms with Crippen LogP contribution in [0.4, 0.5) is 21.6 Å². The van der Waals surface area contributed by atoms with Gasteiger partial charge in [0, 0.05) is 55.1 Å². The van der Waals surface area contributed by atoms with Gasteiger partial charge < -0.3 is 35.1 Å². The van der Waals surface area contributed by atoms with E-state index in [1.165, 1.54) is 86.5 Å². The molecule has 1 amide bonds. The molecule has 2 atom stereocenters. The van der Waals surface area contributed by atoms with Gasteiger partial charge in [0.15, 0.2) is 17.3 Å². The molecule has 1 spiro atoms. The Labute approximate surface area is 416 Å². The molecule has 0 bridgehead atoms. The molecule has 2 saturated heterocycles. The molecular formula is C54H67FN8O7S. The number of ether oxygens (including phenoxy) is 2. The standard InChI is InChI=1S/C54H67FN8O7S/c1-33(2)38-10-7-8-11-39(38)43-12-9-23-62(43)37-30-54(31-37)20-24-61(25-21-54)36-13-14-40(46(27-36)70-47-28-41-42(55)26-34(3)49(41)58-52(47)69-6)51(64)59-71(67,68)48-29-45(60(5)66)50(63-44(48)17-22-57-63)56-32-35-15-18-53(4,65)19-16-35/h7,10,13-14,17,22,26-29,33,35,37,43,56,60,65H,3,8-9,11-12,15-16,18-21,23-25,30-32H2,1-2,4-6H3,(H,59,64)/t35?,43-,53?/m0/s1. The van der Waals surface area contributed by atoms with Crippen molar-refractivity contribution in [2.75, 3.05) is 50.6 Å². The maximum atomic E-state index is 15.2. The number of nitrogens with one attached hydrogen (secondary N) is 3. The van der Waals surface area contributed by atoms with Crippen LogP contribution in [0, 0.1) is 22.5 Å². The zero-order valence-electron chi connectivity index (χ0n) is 41.5. The largest absolute Gasteiger partial charge is 0.629 e. The molecule has 4 N–H and O–H groups in total. The topological polar surface area (TPSA) is 178 Å². The van der Waals surface area contributed by atoms with Crippen molar-refractivity contribution >= 4 is 50.0 Å². The lowest BCUT2D eigenvalue weighted by molar-refractivity contribution is -0.751. The van der Waals surface area contributed by atoms with Crippen molar-refractivity contribution in [1.29, 1.82) is 0 Å². The van der Waals surface area contributed by atoms with Crippen molar-refractivity contribution in [3.05, 3.63) is 101 Å². The molecule has 0 radical (unpaired) electrons. The van der Waals surface area contributed by atoms with E-state index >= 15 is 4.39 Å². The number of hydrogen-bond acceptors (Lipinski definition) is 12. The Bertz CT molecular complexity index is 2950. The lowest BCUT2D eigenvalue weighted by atomic mass is 9.59. The molecule has 1 unspecified atom stereocenters. The van der Waals surface area contributed by atoms with Crippen LogP contribution < -0.4 is 29.5 Å². The highest BCUT2D eigenvalue weighted by Crippen LogP contribution is 2.54. The van der Waals surface area contributed by atoms with E-state index in [1.807, 2.05) is 6.92 Å². The Hall–Kier alpha value is -5.59. The second-order valence-electron chi connectivity index (χ2n) is 21.4. The Kier molecular flexibility index (Phi) is 13.2. The van der Waals surface area contributed by atoms with Crippen molar-refractivity contribution in [2.45, 2.75) is 120 Å². The van der Waals surface area contributed by atoms with Crippen molar-refractivity contribution in [3.63, 3.8) is 0 Å². The number of aliphatic hydroxyl groups is 1. The minimum atomic E-state index is -4.66. The van der Waals surface area contributed by atoms with E-state index in [9.17, 15) is 23.5 Å². The molecule has 4 fully saturated rings. The molecular weight excluding hydrogens is 924 g/mol. The number of hydrogen-bond donors (Lipinski definition) is 4. The number of quaternary nitrogens is 1. The fourth-order valence-corrected chi connectivity index (χ4v) is 13.4. The molecule has 6 aliphatic rings. The van der Waals surface area contributed by atoms with Crippen molar-refractivity contribution in [3.8, 4) is 17.4 Å². The molecule has 15 nitrogen and oxygen atoms in total. The first kappa shape index (κ1) is 49.0. The summed E-state index contributed by atoms with van der Waals surface area (Å²) >= 11 is 0. The van der Waals surface area contributed by atoms with E-state index < -0.39 is 32.4 Å². The van der Waals surface area contributed by atoms with Crippen LogP contribution in [-0.4, -0.2) is 97.0 Å². The SMILES string of the molecule is C=C1C=C(F)c2cc(Oc3cc(N4CCC5(CC4)CC(N4CCC[C@H]4C4=C(C(C)C)C=CCC4)C5)ccc3C(=O)NS(=O)(=O)c3cc([NH+](C)[O-])c(NCC4CCC(C)(O)CC4)n4nccc34)c(OC)nc21. The molecule has 1 aromatic carbocycles. The number of benzene rings is 1. The molecule has 4 aromatic rings. The summed E-state index contributed by atoms with van der Waals surface area (Å²) in [5.74, 6) is -0.395. The second kappa shape index (κ2) is 19.1. The Morgan fingerprint density at radius 3 is 2.55 bits per heavy atom. The van der Waals surface area contributed by atoms with Gasteiger partial charge >= 0.3 is 0 Å². The van der Waals surface area contributed by atoms with Gasteiger partial charge in [-0.05, 0) is 155 Å². The number of sulfonamides is 1. The number of rotatable bonds is 14. The average molecular weight is 991 g/mol. The lowest BCUT2D eigenvalue weighted by Crippen LogP contribution is -2.98. The Morgan fingerprint density at radius 2 is 1.83 bits per heavy atom. The highest BCUT2D eigenvalue weighted by molar-refractivity contribution is 7.90. The zero-order valence-corrected chi connectivity index (χ0v) is 42.3. The number of anilines is 2. The third-order valence-electron chi connectivity index (χ3n) is 16.3. The number of piperidine rings is 1. The summed E-state index contributed by atoms with van der Waals surface area (Å²) in [5, 5.41) is 31.0. The first-order valence-electron chi connectivity index (χ1n) is 25.4. The van der Waals surface area contributed by atoms with Gasteiger partial charge in [-0.1, -0.05) is 32.6 Å². The maximum Gasteiger partial charge on any atom is 0.268 e. The van der Waals surface area contributed by atoms with Crippen molar-refractivity contribution < 1.29 is 37.2 Å². The zero-order chi connectivity index (χ0) is 50.0. The molecule has 5 heterocycles. The van der Waals surface area contributed by atoms with Gasteiger partial charge in [-0.3, -0.25) is 9.69 Å². The number of nitrogens with zero attached hydrogens (tertiary/aromatic N) is 5. The predicted molar refractivity (Wildman–Crippen MR) is 273 cm³/mol. The van der Waals surface area contributed by atoms with Gasteiger partial charge in [-0.15, -0.1) is 0 Å². The normalized spacial score (nSPS) is 24.1. The van der Waals surface area contributed by atoms with Gasteiger partial charge in [-0.25, -0.2) is 27.0 Å². The number of aromatic nitrogens is 3. The maximum absolute atomic E-state index is 15.2. The second-order valence-corrected chi connectivity index (χ2v) is 23.1. The number of pyridine rings is 2. The number of hydroxylamine groups is 1. The van der Waals surface area contributed by atoms with E-state index in [2.05, 4.69) is 62.5 Å². The van der Waals surface area contributed by atoms with Crippen LogP contribution in [-0.2, 0) is 10.0 Å². The Balaban J connectivity index is 0.901. The van der Waals surface area contributed by atoms with Gasteiger partial charge in [-0.2, -0.15) is 5.10 Å². The molecule has 3 aromatic heterocycles. The highest BCUT2D eigenvalue weighted by Gasteiger charge is 2.50. The van der Waals surface area contributed by atoms with Crippen LogP contribution in [0.1, 0.15) is 119 Å². The Morgan fingerprint density at radius 1 is 1.07 bits per heavy atom. The molecule has 4 aliphatic carbocycles. The number of amides is 1. The summed E-state index contributed by atoms with van der Waals surface area (Å²) in [6.45, 7) is 13.6. The molecule has 378 valence electrons. The summed E-state index contributed by atoms with van der Waals surface area (Å²) in [6.07, 6.45) is 19.5. The number of likely N-dealkylation sites (tertiary alicyclic amines) is 1. The van der Waals surface area contributed by atoms with Gasteiger partial charge in [0.05, 0.1) is 42.7 Å². The van der Waals surface area contributed by atoms with Crippen LogP contribution in [0.3, 0.4) is 0 Å². The van der Waals surface area contributed by atoms with Crippen molar-refractivity contribution in [1.82, 2.24) is 24.2 Å². The van der Waals surface area contributed by atoms with Crippen LogP contribution in [0.2, 0.25) is 0 Å². The van der Waals surface area contributed by atoms with Gasteiger partial charge in [0.2, 0.25) is 0 Å². The number of allylic oxidation sites excluding steroid dienone is 5. The van der Waals surface area contributed by atoms with Crippen molar-refractivity contribution in [2.24, 2.45) is 17.3 Å². The van der Waals surface area contributed by atoms with Crippen LogP contribution in [0.25, 0.3) is 16.9 Å². The third-order valence-corrected chi connectivity index (χ3v) is 17.6. The molecule has 2 aliphatic heterocycles. The van der Waals surface area contributed by atoms with Gasteiger partial charge in [0.1, 0.15) is 16.5 Å². The predicted octanol–water partition coefficient (Wildman–Crippen LogP) is 8.50. The first-order valence-corrected chi connectivity index (χ1v) is 26.8. The first-order chi connectivity index (χ1) is 33.9. The summed E-state index contributed by atoms with van der Waals surface area (Å²) in [7, 11) is -1.92. The molecule has 17 heteroatoms. The lowest BCUT2D eigenvalue weighted by Gasteiger charge is -2.56. The summed E-state index contributed by atoms with van der Waals surface area (Å²) in [6, 6.07) is 10.4. The van der Waals surface area contributed by atoms with Crippen LogP contribution in [0.5, 0.6) is 17.4 Å². The number of halogens is 1. The van der Waals surface area contributed by atoms with E-state index in [0.717, 1.165) is 63.8 Å². The van der Waals surface area contributed by atoms with E-state index in [-0.39, 0.29) is 55.9 Å². The minimum Gasteiger partial charge on any atom is -0.629 e. The summed E-state index contributed by atoms with van der Waals surface area (Å²) in [4.78, 5) is 23.7. The van der Waals surface area contributed by atoms with Gasteiger partial charge in [0.25, 0.3) is 21.8 Å². The summed E-state index contributed by atoms with van der Waals surface area (Å²) in [5.41, 5.74) is 4.49. The van der Waals surface area contributed by atoms with E-state index in [0.29, 0.717) is 54.5 Å². The van der Waals surface area contributed by atoms with Crippen LogP contribution in [0.15, 0.2) is 83.4 Å². The quantitative estimate of drug-likeness (QED) is 0.0888. The highest BCUT2D eigenvalue weighted by atomic mass is 32.2. The van der Waals surface area contributed by atoms with E-state index in [1.54, 1.807) is 17.7 Å². The average Bonchev–Trinajstić information content (AvgIpc) is 4.09.